The number of ether oxygens (including phenoxy) is 1. The molecule has 6 heterocycles. The van der Waals surface area contributed by atoms with Gasteiger partial charge >= 0.3 is 0 Å². The van der Waals surface area contributed by atoms with Crippen molar-refractivity contribution in [3.05, 3.63) is 88.2 Å². The standard InChI is InChI=1S/C44H49F2N9O5/c1-24-6-5-15-60-43-32(22-47-53(43)4)36-20-29(16-25(2)48-36)41(58)52-44-50-35-9-7-28(21-37(35)55(44)23-24)40(57)49-30-12-14-54(26(3)17-30)13-11-27-18-33(45)39(34(46)19-27)31-8-10-38(56)51-42(31)59/h7,9,16,18-22,24,26,30-31H,5-6,8,10-15,17,23H2,1-4H3,(H,49,57)(H,50,52,58)(H,51,56,59)/t24-,26+,30+,31-/m1/s1. The van der Waals surface area contributed by atoms with E-state index in [1.807, 2.05) is 24.6 Å². The number of hydrogen-bond donors (Lipinski definition) is 3. The molecule has 0 saturated carbocycles. The average Bonchev–Trinajstić information content (AvgIpc) is 3.74. The smallest absolute Gasteiger partial charge is 0.258 e. The minimum absolute atomic E-state index is 0.0357. The van der Waals surface area contributed by atoms with Gasteiger partial charge in [-0.1, -0.05) is 6.92 Å². The molecule has 3 aromatic heterocycles. The third-order valence-corrected chi connectivity index (χ3v) is 11.9. The highest BCUT2D eigenvalue weighted by Gasteiger charge is 2.33. The van der Waals surface area contributed by atoms with E-state index in [9.17, 15) is 19.2 Å². The zero-order chi connectivity index (χ0) is 42.2. The number of amides is 4. The number of likely N-dealkylation sites (tertiary alicyclic amines) is 1. The molecular formula is C44H49F2N9O5. The molecule has 4 amide bonds. The molecule has 16 heteroatoms. The van der Waals surface area contributed by atoms with Gasteiger partial charge in [-0.2, -0.15) is 5.10 Å². The number of rotatable bonds is 6. The molecule has 0 unspecified atom stereocenters. The zero-order valence-electron chi connectivity index (χ0n) is 34.2. The fraction of sp³-hybridized carbons (Fsp3) is 0.432. The monoisotopic (exact) mass is 821 g/mol. The number of carbonyl (C=O) groups is 4. The molecule has 8 rings (SSSR count). The summed E-state index contributed by atoms with van der Waals surface area (Å²) >= 11 is 0. The van der Waals surface area contributed by atoms with Crippen molar-refractivity contribution < 1.29 is 32.7 Å². The van der Waals surface area contributed by atoms with E-state index < -0.39 is 29.4 Å². The number of anilines is 1. The van der Waals surface area contributed by atoms with Crippen molar-refractivity contribution in [2.45, 2.75) is 90.3 Å². The Balaban J connectivity index is 0.937. The van der Waals surface area contributed by atoms with E-state index in [0.717, 1.165) is 18.4 Å². The first-order valence-corrected chi connectivity index (χ1v) is 20.6. The molecule has 0 radical (unpaired) electrons. The number of carbonyl (C=O) groups excluding carboxylic acids is 4. The predicted molar refractivity (Wildman–Crippen MR) is 219 cm³/mol. The molecule has 14 nitrogen and oxygen atoms in total. The van der Waals surface area contributed by atoms with Gasteiger partial charge in [-0.05, 0) is 106 Å². The highest BCUT2D eigenvalue weighted by Crippen LogP contribution is 2.33. The van der Waals surface area contributed by atoms with Crippen LogP contribution in [0.15, 0.2) is 48.7 Å². The lowest BCUT2D eigenvalue weighted by atomic mass is 9.88. The van der Waals surface area contributed by atoms with E-state index in [4.69, 9.17) is 9.72 Å². The Morgan fingerprint density at radius 2 is 1.80 bits per heavy atom. The molecule has 314 valence electrons. The Morgan fingerprint density at radius 1 is 1.00 bits per heavy atom. The number of halogens is 2. The van der Waals surface area contributed by atoms with Crippen LogP contribution in [0.5, 0.6) is 5.88 Å². The van der Waals surface area contributed by atoms with Gasteiger partial charge in [0, 0.05) is 67.6 Å². The fourth-order valence-electron chi connectivity index (χ4n) is 8.74. The van der Waals surface area contributed by atoms with Gasteiger partial charge in [-0.15, -0.1) is 0 Å². The average molecular weight is 822 g/mol. The number of nitrogens with one attached hydrogen (secondary N) is 3. The third-order valence-electron chi connectivity index (χ3n) is 11.9. The maximum atomic E-state index is 15.1. The maximum Gasteiger partial charge on any atom is 0.258 e. The molecule has 60 heavy (non-hydrogen) atoms. The van der Waals surface area contributed by atoms with Crippen LogP contribution in [-0.4, -0.2) is 84.6 Å². The first kappa shape index (κ1) is 40.7. The van der Waals surface area contributed by atoms with E-state index in [-0.39, 0.29) is 48.2 Å². The quantitative estimate of drug-likeness (QED) is 0.179. The SMILES string of the molecule is Cc1cc2cc(n1)-c1cnn(C)c1OCCC[C@@H](C)Cn1c(nc3ccc(C(=O)N[C@H]4CCN(CCc5cc(F)c([C@H]6CCC(=O)NC6=O)c(F)c5)[C@@H](C)C4)cc31)NC2=O. The van der Waals surface area contributed by atoms with Gasteiger partial charge in [-0.3, -0.25) is 34.8 Å². The van der Waals surface area contributed by atoms with Gasteiger partial charge in [-0.25, -0.2) is 18.4 Å². The summed E-state index contributed by atoms with van der Waals surface area (Å²) in [5.74, 6) is -3.10. The first-order valence-electron chi connectivity index (χ1n) is 20.6. The summed E-state index contributed by atoms with van der Waals surface area (Å²) < 4.78 is 40.1. The highest BCUT2D eigenvalue weighted by molar-refractivity contribution is 6.05. The Hall–Kier alpha value is -6.03. The second-order valence-corrected chi connectivity index (χ2v) is 16.5. The number of imidazole rings is 1. The second-order valence-electron chi connectivity index (χ2n) is 16.5. The minimum Gasteiger partial charge on any atom is -0.477 e. The number of fused-ring (bicyclic) bond motifs is 7. The summed E-state index contributed by atoms with van der Waals surface area (Å²) in [5.41, 5.74) is 4.42. The molecule has 2 fully saturated rings. The van der Waals surface area contributed by atoms with Crippen LogP contribution in [0.4, 0.5) is 14.7 Å². The van der Waals surface area contributed by atoms with E-state index in [1.165, 1.54) is 12.1 Å². The van der Waals surface area contributed by atoms with Crippen molar-refractivity contribution in [1.29, 1.82) is 0 Å². The van der Waals surface area contributed by atoms with E-state index >= 15 is 8.78 Å². The lowest BCUT2D eigenvalue weighted by Gasteiger charge is -2.38. The fourth-order valence-corrected chi connectivity index (χ4v) is 8.74. The van der Waals surface area contributed by atoms with Gasteiger partial charge in [0.15, 0.2) is 0 Å². The number of pyridine rings is 1. The molecule has 0 spiro atoms. The minimum atomic E-state index is -1.03. The van der Waals surface area contributed by atoms with Gasteiger partial charge in [0.2, 0.25) is 23.6 Å². The maximum absolute atomic E-state index is 15.1. The molecule has 4 atom stereocenters. The molecule has 2 aromatic carbocycles. The first-order chi connectivity index (χ1) is 28.8. The Morgan fingerprint density at radius 3 is 2.57 bits per heavy atom. The largest absolute Gasteiger partial charge is 0.477 e. The summed E-state index contributed by atoms with van der Waals surface area (Å²) in [5, 5.41) is 12.8. The normalized spacial score (nSPS) is 21.5. The Kier molecular flexibility index (Phi) is 11.5. The summed E-state index contributed by atoms with van der Waals surface area (Å²) in [6, 6.07) is 11.4. The number of piperidine rings is 2. The molecule has 2 saturated heterocycles. The van der Waals surface area contributed by atoms with Gasteiger partial charge < -0.3 is 19.5 Å². The molecule has 3 N–H and O–H groups in total. The number of hydrogen-bond acceptors (Lipinski definition) is 9. The van der Waals surface area contributed by atoms with Crippen LogP contribution in [0.25, 0.3) is 22.3 Å². The molecule has 2 bridgehead atoms. The molecular weight excluding hydrogens is 773 g/mol. The van der Waals surface area contributed by atoms with Gasteiger partial charge in [0.25, 0.3) is 11.8 Å². The molecule has 5 aromatic rings. The van der Waals surface area contributed by atoms with Crippen LogP contribution in [0.1, 0.15) is 95.8 Å². The van der Waals surface area contributed by atoms with Crippen molar-refractivity contribution in [1.82, 2.24) is 39.8 Å². The van der Waals surface area contributed by atoms with Gasteiger partial charge in [0.1, 0.15) is 11.6 Å². The number of aryl methyl sites for hydroxylation is 2. The highest BCUT2D eigenvalue weighted by atomic mass is 19.1. The van der Waals surface area contributed by atoms with Gasteiger partial charge in [0.05, 0.1) is 41.0 Å². The van der Waals surface area contributed by atoms with E-state index in [2.05, 4.69) is 44.8 Å². The topological polar surface area (TPSA) is 165 Å². The van der Waals surface area contributed by atoms with Crippen LogP contribution < -0.4 is 20.7 Å². The van der Waals surface area contributed by atoms with Crippen molar-refractivity contribution in [2.75, 3.05) is 25.0 Å². The van der Waals surface area contributed by atoms with Crippen LogP contribution in [0.3, 0.4) is 0 Å². The van der Waals surface area contributed by atoms with Crippen LogP contribution >= 0.6 is 0 Å². The number of nitrogens with zero attached hydrogens (tertiary/aromatic N) is 6. The number of benzene rings is 2. The van der Waals surface area contributed by atoms with Crippen LogP contribution in [0, 0.1) is 24.5 Å². The summed E-state index contributed by atoms with van der Waals surface area (Å²) in [7, 11) is 1.82. The van der Waals surface area contributed by atoms with Crippen molar-refractivity contribution >= 4 is 40.6 Å². The zero-order valence-corrected chi connectivity index (χ0v) is 34.2. The lowest BCUT2D eigenvalue weighted by molar-refractivity contribution is -0.134. The number of aromatic nitrogens is 5. The predicted octanol–water partition coefficient (Wildman–Crippen LogP) is 5.83. The van der Waals surface area contributed by atoms with Crippen LogP contribution in [0.2, 0.25) is 0 Å². The Labute approximate surface area is 346 Å². The Bertz CT molecular complexity index is 2480. The number of imide groups is 1. The second kappa shape index (κ2) is 16.9. The van der Waals surface area contributed by atoms with E-state index in [1.54, 1.807) is 35.1 Å². The van der Waals surface area contributed by atoms with Crippen LogP contribution in [-0.2, 0) is 29.6 Å². The summed E-state index contributed by atoms with van der Waals surface area (Å²) in [6.07, 6.45) is 5.22. The van der Waals surface area contributed by atoms with Crippen molar-refractivity contribution in [3.63, 3.8) is 0 Å². The third kappa shape index (κ3) is 8.51. The van der Waals surface area contributed by atoms with Crippen molar-refractivity contribution in [3.8, 4) is 17.1 Å². The molecule has 0 aliphatic carbocycles. The molecule has 3 aliphatic rings. The van der Waals surface area contributed by atoms with Crippen molar-refractivity contribution in [2.24, 2.45) is 13.0 Å². The summed E-state index contributed by atoms with van der Waals surface area (Å²) in [6.45, 7) is 8.33. The lowest BCUT2D eigenvalue weighted by Crippen LogP contribution is -2.49. The van der Waals surface area contributed by atoms with E-state index in [0.29, 0.717) is 96.5 Å². The molecule has 3 aliphatic heterocycles. The summed E-state index contributed by atoms with van der Waals surface area (Å²) in [4.78, 5) is 63.1.